The molecule has 3 aromatic rings. The molecule has 0 aliphatic carbocycles. The highest BCUT2D eigenvalue weighted by Crippen LogP contribution is 2.42. The summed E-state index contributed by atoms with van der Waals surface area (Å²) in [6.07, 6.45) is 0. The quantitative estimate of drug-likeness (QED) is 0.450. The van der Waals surface area contributed by atoms with Gasteiger partial charge in [0.1, 0.15) is 11.4 Å². The van der Waals surface area contributed by atoms with E-state index in [9.17, 15) is 14.9 Å². The molecule has 0 unspecified atom stereocenters. The van der Waals surface area contributed by atoms with Crippen molar-refractivity contribution in [3.05, 3.63) is 61.7 Å². The second kappa shape index (κ2) is 6.39. The van der Waals surface area contributed by atoms with Gasteiger partial charge < -0.3 is 15.0 Å². The van der Waals surface area contributed by atoms with Gasteiger partial charge in [-0.25, -0.2) is 0 Å². The molecule has 0 atom stereocenters. The zero-order valence-electron chi connectivity index (χ0n) is 14.9. The normalized spacial score (nSPS) is 15.2. The van der Waals surface area contributed by atoms with Gasteiger partial charge in [-0.3, -0.25) is 14.9 Å². The number of hydrogen-bond acceptors (Lipinski definition) is 4. The molecule has 2 N–H and O–H groups in total. The molecule has 2 heterocycles. The summed E-state index contributed by atoms with van der Waals surface area (Å²) < 4.78 is 5.84. The van der Waals surface area contributed by atoms with Gasteiger partial charge in [0.15, 0.2) is 5.75 Å². The van der Waals surface area contributed by atoms with Crippen molar-refractivity contribution in [2.75, 3.05) is 6.54 Å². The Hall–Kier alpha value is -2.77. The van der Waals surface area contributed by atoms with Crippen molar-refractivity contribution in [1.82, 2.24) is 10.3 Å². The van der Waals surface area contributed by atoms with Gasteiger partial charge in [0.25, 0.3) is 11.6 Å². The van der Waals surface area contributed by atoms with Crippen LogP contribution >= 0.6 is 23.2 Å². The van der Waals surface area contributed by atoms with Crippen LogP contribution in [0.1, 0.15) is 29.9 Å². The number of carbonyl (C=O) groups is 1. The minimum Gasteiger partial charge on any atom is -0.454 e. The van der Waals surface area contributed by atoms with Crippen molar-refractivity contribution in [2.45, 2.75) is 19.3 Å². The summed E-state index contributed by atoms with van der Waals surface area (Å²) in [5.74, 6) is 0.442. The van der Waals surface area contributed by atoms with E-state index in [1.807, 2.05) is 0 Å². The lowest BCUT2D eigenvalue weighted by molar-refractivity contribution is -0.384. The number of benzene rings is 2. The maximum atomic E-state index is 12.2. The highest BCUT2D eigenvalue weighted by atomic mass is 35.5. The van der Waals surface area contributed by atoms with Gasteiger partial charge in [-0.05, 0) is 23.8 Å². The number of non-ortho nitro benzene ring substituents is 1. The molecule has 0 saturated heterocycles. The van der Waals surface area contributed by atoms with Gasteiger partial charge in [0, 0.05) is 35.0 Å². The lowest BCUT2D eigenvalue weighted by atomic mass is 9.80. The molecule has 144 valence electrons. The van der Waals surface area contributed by atoms with Crippen LogP contribution in [0.2, 0.25) is 10.0 Å². The minimum atomic E-state index is -0.577. The summed E-state index contributed by atoms with van der Waals surface area (Å²) in [5, 5.41) is 14.7. The number of nitrogens with one attached hydrogen (secondary N) is 2. The van der Waals surface area contributed by atoms with Gasteiger partial charge in [0.2, 0.25) is 0 Å². The number of nitrogens with zero attached hydrogens (tertiary/aromatic N) is 1. The summed E-state index contributed by atoms with van der Waals surface area (Å²) in [4.78, 5) is 25.7. The van der Waals surface area contributed by atoms with E-state index in [1.54, 1.807) is 18.2 Å². The Morgan fingerprint density at radius 1 is 1.18 bits per heavy atom. The maximum absolute atomic E-state index is 12.2. The average molecular weight is 420 g/mol. The SMILES string of the molecule is CC1(C)CNC(=O)c2[nH]c3ccc(Oc4c(Cl)cc([N+](=O)[O-])cc4Cl)cc3c21. The molecule has 1 aliphatic heterocycles. The summed E-state index contributed by atoms with van der Waals surface area (Å²) in [5.41, 5.74) is 1.78. The number of amides is 1. The lowest BCUT2D eigenvalue weighted by Crippen LogP contribution is -2.43. The van der Waals surface area contributed by atoms with Crippen LogP contribution in [0.4, 0.5) is 5.69 Å². The third kappa shape index (κ3) is 2.96. The van der Waals surface area contributed by atoms with E-state index in [1.165, 1.54) is 12.1 Å². The predicted molar refractivity (Wildman–Crippen MR) is 107 cm³/mol. The molecule has 1 amide bonds. The first-order valence-electron chi connectivity index (χ1n) is 8.43. The van der Waals surface area contributed by atoms with E-state index >= 15 is 0 Å². The fraction of sp³-hybridized carbons (Fsp3) is 0.211. The highest BCUT2D eigenvalue weighted by Gasteiger charge is 2.35. The van der Waals surface area contributed by atoms with Gasteiger partial charge >= 0.3 is 0 Å². The Labute approximate surface area is 169 Å². The number of rotatable bonds is 3. The van der Waals surface area contributed by atoms with Gasteiger partial charge in [-0.2, -0.15) is 0 Å². The topological polar surface area (TPSA) is 97.3 Å². The van der Waals surface area contributed by atoms with Crippen molar-refractivity contribution >= 4 is 45.7 Å². The van der Waals surface area contributed by atoms with Crippen LogP contribution in [0.25, 0.3) is 10.9 Å². The van der Waals surface area contributed by atoms with E-state index in [2.05, 4.69) is 24.1 Å². The minimum absolute atomic E-state index is 0.0371. The van der Waals surface area contributed by atoms with Crippen molar-refractivity contribution in [1.29, 1.82) is 0 Å². The molecule has 0 radical (unpaired) electrons. The van der Waals surface area contributed by atoms with Gasteiger partial charge in [-0.1, -0.05) is 37.0 Å². The molecule has 9 heteroatoms. The monoisotopic (exact) mass is 419 g/mol. The maximum Gasteiger partial charge on any atom is 0.272 e. The molecule has 1 aromatic heterocycles. The van der Waals surface area contributed by atoms with Crippen molar-refractivity contribution in [2.24, 2.45) is 0 Å². The zero-order valence-corrected chi connectivity index (χ0v) is 16.4. The molecule has 0 spiro atoms. The van der Waals surface area contributed by atoms with Gasteiger partial charge in [-0.15, -0.1) is 0 Å². The van der Waals surface area contributed by atoms with E-state index < -0.39 is 4.92 Å². The number of halogens is 2. The fourth-order valence-corrected chi connectivity index (χ4v) is 4.01. The Bertz CT molecular complexity index is 1130. The fourth-order valence-electron chi connectivity index (χ4n) is 3.45. The van der Waals surface area contributed by atoms with Crippen LogP contribution < -0.4 is 10.1 Å². The van der Waals surface area contributed by atoms with E-state index in [0.717, 1.165) is 16.5 Å². The Kier molecular flexibility index (Phi) is 4.24. The molecule has 28 heavy (non-hydrogen) atoms. The number of aromatic amines is 1. The Balaban J connectivity index is 1.80. The number of nitro benzene ring substituents is 1. The van der Waals surface area contributed by atoms with E-state index in [4.69, 9.17) is 27.9 Å². The van der Waals surface area contributed by atoms with Crippen molar-refractivity contribution in [3.8, 4) is 11.5 Å². The van der Waals surface area contributed by atoms with Crippen LogP contribution in [-0.2, 0) is 5.41 Å². The Morgan fingerprint density at radius 3 is 2.50 bits per heavy atom. The number of hydrogen-bond donors (Lipinski definition) is 2. The number of aromatic nitrogens is 1. The van der Waals surface area contributed by atoms with Crippen molar-refractivity contribution in [3.63, 3.8) is 0 Å². The third-order valence-electron chi connectivity index (χ3n) is 4.78. The first-order chi connectivity index (χ1) is 13.2. The lowest BCUT2D eigenvalue weighted by Gasteiger charge is -2.30. The molecule has 0 fully saturated rings. The highest BCUT2D eigenvalue weighted by molar-refractivity contribution is 6.37. The number of nitro groups is 1. The van der Waals surface area contributed by atoms with Crippen LogP contribution in [-0.4, -0.2) is 22.4 Å². The zero-order chi connectivity index (χ0) is 20.2. The average Bonchev–Trinajstić information content (AvgIpc) is 3.02. The second-order valence-electron chi connectivity index (χ2n) is 7.25. The van der Waals surface area contributed by atoms with Gasteiger partial charge in [0.05, 0.1) is 15.0 Å². The molecule has 1 aliphatic rings. The smallest absolute Gasteiger partial charge is 0.272 e. The number of ether oxygens (including phenoxy) is 1. The standard InChI is InChI=1S/C19H15Cl2N3O4/c1-19(2)8-22-18(25)16-15(19)11-7-10(3-4-14(11)23-16)28-17-12(20)5-9(24(26)27)6-13(17)21/h3-7,23H,8H2,1-2H3,(H,22,25). The van der Waals surface area contributed by atoms with Crippen LogP contribution in [0, 0.1) is 10.1 Å². The summed E-state index contributed by atoms with van der Waals surface area (Å²) in [6.45, 7) is 4.63. The predicted octanol–water partition coefficient (Wildman–Crippen LogP) is 5.20. The van der Waals surface area contributed by atoms with Crippen molar-refractivity contribution < 1.29 is 14.5 Å². The summed E-state index contributed by atoms with van der Waals surface area (Å²) >= 11 is 12.3. The number of H-pyrrole nitrogens is 1. The molecule has 0 bridgehead atoms. The summed E-state index contributed by atoms with van der Waals surface area (Å²) in [7, 11) is 0. The van der Waals surface area contributed by atoms with Crippen LogP contribution in [0.3, 0.4) is 0 Å². The molecule has 2 aromatic carbocycles. The number of fused-ring (bicyclic) bond motifs is 3. The van der Waals surface area contributed by atoms with E-state index in [0.29, 0.717) is 18.0 Å². The van der Waals surface area contributed by atoms with Crippen LogP contribution in [0.15, 0.2) is 30.3 Å². The second-order valence-corrected chi connectivity index (χ2v) is 8.06. The first-order valence-corrected chi connectivity index (χ1v) is 9.18. The molecule has 7 nitrogen and oxygen atoms in total. The number of carbonyl (C=O) groups excluding carboxylic acids is 1. The Morgan fingerprint density at radius 2 is 1.86 bits per heavy atom. The first kappa shape index (κ1) is 18.6. The summed E-state index contributed by atoms with van der Waals surface area (Å²) in [6, 6.07) is 7.70. The van der Waals surface area contributed by atoms with E-state index in [-0.39, 0.29) is 32.8 Å². The third-order valence-corrected chi connectivity index (χ3v) is 5.34. The molecular weight excluding hydrogens is 405 g/mol. The van der Waals surface area contributed by atoms with Crippen LogP contribution in [0.5, 0.6) is 11.5 Å². The molecule has 0 saturated carbocycles. The molecular formula is C19H15Cl2N3O4. The largest absolute Gasteiger partial charge is 0.454 e. The molecule has 4 rings (SSSR count).